The van der Waals surface area contributed by atoms with Crippen molar-refractivity contribution >= 4 is 21.5 Å². The maximum Gasteiger partial charge on any atom is 0.0808 e. The fraction of sp³-hybridized carbons (Fsp3) is 0.333. The summed E-state index contributed by atoms with van der Waals surface area (Å²) in [4.78, 5) is 2.35. The van der Waals surface area contributed by atoms with Crippen LogP contribution in [0.1, 0.15) is 31.9 Å². The highest BCUT2D eigenvalue weighted by Gasteiger charge is 2.14. The summed E-state index contributed by atoms with van der Waals surface area (Å²) in [7, 11) is 0. The van der Waals surface area contributed by atoms with Crippen LogP contribution in [0.5, 0.6) is 0 Å². The molecule has 0 heterocycles. The van der Waals surface area contributed by atoms with E-state index in [-0.39, 0.29) is 0 Å². The van der Waals surface area contributed by atoms with E-state index < -0.39 is 6.10 Å². The van der Waals surface area contributed by atoms with Crippen LogP contribution in [-0.2, 0) is 0 Å². The van der Waals surface area contributed by atoms with Crippen LogP contribution in [0.3, 0.4) is 0 Å². The third-order valence-corrected chi connectivity index (χ3v) is 4.77. The Morgan fingerprint density at radius 2 is 1.48 bits per heavy atom. The summed E-state index contributed by atoms with van der Waals surface area (Å²) >= 11 is 0. The van der Waals surface area contributed by atoms with Gasteiger partial charge < -0.3 is 10.0 Å². The molecule has 0 amide bonds. The highest BCUT2D eigenvalue weighted by molar-refractivity contribution is 6.09. The van der Waals surface area contributed by atoms with Crippen molar-refractivity contribution in [3.8, 4) is 0 Å². The van der Waals surface area contributed by atoms with Gasteiger partial charge in [0.15, 0.2) is 0 Å². The van der Waals surface area contributed by atoms with E-state index in [1.807, 2.05) is 0 Å². The lowest BCUT2D eigenvalue weighted by atomic mass is 9.93. The van der Waals surface area contributed by atoms with Gasteiger partial charge in [0, 0.05) is 6.54 Å². The van der Waals surface area contributed by atoms with E-state index in [1.165, 1.54) is 21.5 Å². The first-order chi connectivity index (χ1) is 11.2. The van der Waals surface area contributed by atoms with E-state index in [4.69, 9.17) is 0 Å². The number of fused-ring (bicyclic) bond motifs is 3. The van der Waals surface area contributed by atoms with Crippen LogP contribution in [0.2, 0.25) is 0 Å². The highest BCUT2D eigenvalue weighted by Crippen LogP contribution is 2.33. The Labute approximate surface area is 138 Å². The molecular weight excluding hydrogens is 282 g/mol. The zero-order valence-corrected chi connectivity index (χ0v) is 14.0. The molecule has 0 radical (unpaired) electrons. The van der Waals surface area contributed by atoms with Crippen LogP contribution < -0.4 is 0 Å². The van der Waals surface area contributed by atoms with Gasteiger partial charge in [-0.3, -0.25) is 0 Å². The van der Waals surface area contributed by atoms with E-state index in [1.54, 1.807) is 0 Å². The van der Waals surface area contributed by atoms with Gasteiger partial charge in [-0.15, -0.1) is 0 Å². The second kappa shape index (κ2) is 7.12. The molecule has 1 unspecified atom stereocenters. The largest absolute Gasteiger partial charge is 0.388 e. The highest BCUT2D eigenvalue weighted by atomic mass is 16.3. The van der Waals surface area contributed by atoms with E-state index >= 15 is 0 Å². The van der Waals surface area contributed by atoms with Crippen LogP contribution in [0.25, 0.3) is 21.5 Å². The molecule has 3 aromatic carbocycles. The van der Waals surface area contributed by atoms with Gasteiger partial charge in [0.1, 0.15) is 0 Å². The van der Waals surface area contributed by atoms with Crippen LogP contribution in [-0.4, -0.2) is 29.6 Å². The van der Waals surface area contributed by atoms with Crippen LogP contribution in [0.15, 0.2) is 54.6 Å². The standard InChI is InChI=1S/C21H25NO/c1-3-22(4-2)14-13-21(23)20-15-16-9-5-6-10-17(16)18-11-7-8-12-19(18)20/h5-12,15,21,23H,3-4,13-14H2,1-2H3. The van der Waals surface area contributed by atoms with Crippen molar-refractivity contribution in [2.75, 3.05) is 19.6 Å². The van der Waals surface area contributed by atoms with Crippen LogP contribution in [0.4, 0.5) is 0 Å². The lowest BCUT2D eigenvalue weighted by Crippen LogP contribution is -2.25. The number of hydrogen-bond donors (Lipinski definition) is 1. The summed E-state index contributed by atoms with van der Waals surface area (Å²) in [5, 5.41) is 15.6. The van der Waals surface area contributed by atoms with E-state index in [0.717, 1.165) is 31.6 Å². The topological polar surface area (TPSA) is 23.5 Å². The molecule has 0 saturated carbocycles. The number of benzene rings is 3. The normalized spacial score (nSPS) is 13.0. The molecule has 1 N–H and O–H groups in total. The number of aliphatic hydroxyl groups is 1. The minimum absolute atomic E-state index is 0.426. The van der Waals surface area contributed by atoms with E-state index in [0.29, 0.717) is 0 Å². The van der Waals surface area contributed by atoms with Crippen molar-refractivity contribution in [2.45, 2.75) is 26.4 Å². The predicted molar refractivity (Wildman–Crippen MR) is 98.8 cm³/mol. The van der Waals surface area contributed by atoms with E-state index in [2.05, 4.69) is 73.3 Å². The van der Waals surface area contributed by atoms with Crippen molar-refractivity contribution in [2.24, 2.45) is 0 Å². The summed E-state index contributed by atoms with van der Waals surface area (Å²) in [6.07, 6.45) is 0.342. The minimum atomic E-state index is -0.426. The first-order valence-corrected chi connectivity index (χ1v) is 8.55. The van der Waals surface area contributed by atoms with Gasteiger partial charge in [0.05, 0.1) is 6.10 Å². The van der Waals surface area contributed by atoms with Crippen LogP contribution >= 0.6 is 0 Å². The molecule has 0 fully saturated rings. The first kappa shape index (κ1) is 16.0. The second-order valence-electron chi connectivity index (χ2n) is 6.06. The molecule has 23 heavy (non-hydrogen) atoms. The summed E-state index contributed by atoms with van der Waals surface area (Å²) in [6.45, 7) is 7.32. The Hall–Kier alpha value is -1.90. The molecule has 0 bridgehead atoms. The third kappa shape index (κ3) is 3.24. The molecule has 0 aliphatic heterocycles. The lowest BCUT2D eigenvalue weighted by Gasteiger charge is -2.21. The summed E-state index contributed by atoms with van der Waals surface area (Å²) in [6, 6.07) is 19.0. The Bertz CT molecular complexity index is 792. The Balaban J connectivity index is 2.01. The number of rotatable bonds is 6. The smallest absolute Gasteiger partial charge is 0.0808 e. The number of hydrogen-bond acceptors (Lipinski definition) is 2. The average molecular weight is 307 g/mol. The maximum absolute atomic E-state index is 10.8. The maximum atomic E-state index is 10.8. The van der Waals surface area contributed by atoms with Crippen molar-refractivity contribution in [1.82, 2.24) is 4.90 Å². The summed E-state index contributed by atoms with van der Waals surface area (Å²) < 4.78 is 0. The fourth-order valence-corrected chi connectivity index (χ4v) is 3.36. The fourth-order valence-electron chi connectivity index (χ4n) is 3.36. The SMILES string of the molecule is CCN(CC)CCC(O)c1cc2ccccc2c2ccccc12. The van der Waals surface area contributed by atoms with E-state index in [9.17, 15) is 5.11 Å². The van der Waals surface area contributed by atoms with Crippen molar-refractivity contribution in [1.29, 1.82) is 0 Å². The predicted octanol–water partition coefficient (Wildman–Crippen LogP) is 4.76. The molecule has 0 aliphatic rings. The van der Waals surface area contributed by atoms with Gasteiger partial charge in [0.2, 0.25) is 0 Å². The van der Waals surface area contributed by atoms with Gasteiger partial charge in [0.25, 0.3) is 0 Å². The number of aliphatic hydroxyl groups excluding tert-OH is 1. The Morgan fingerprint density at radius 3 is 2.17 bits per heavy atom. The van der Waals surface area contributed by atoms with Gasteiger partial charge in [-0.2, -0.15) is 0 Å². The van der Waals surface area contributed by atoms with Crippen molar-refractivity contribution in [3.63, 3.8) is 0 Å². The molecule has 3 rings (SSSR count). The summed E-state index contributed by atoms with van der Waals surface area (Å²) in [5.41, 5.74) is 1.05. The molecule has 2 heteroatoms. The molecule has 2 nitrogen and oxygen atoms in total. The lowest BCUT2D eigenvalue weighted by molar-refractivity contribution is 0.146. The monoisotopic (exact) mass is 307 g/mol. The molecular formula is C21H25NO. The Kier molecular flexibility index (Phi) is 4.94. The van der Waals surface area contributed by atoms with Gasteiger partial charge in [-0.25, -0.2) is 0 Å². The van der Waals surface area contributed by atoms with Gasteiger partial charge >= 0.3 is 0 Å². The molecule has 1 atom stereocenters. The quantitative estimate of drug-likeness (QED) is 0.664. The Morgan fingerprint density at radius 1 is 0.870 bits per heavy atom. The first-order valence-electron chi connectivity index (χ1n) is 8.55. The van der Waals surface area contributed by atoms with Gasteiger partial charge in [-0.1, -0.05) is 62.4 Å². The zero-order valence-electron chi connectivity index (χ0n) is 14.0. The molecule has 0 saturated heterocycles. The molecule has 3 aromatic rings. The second-order valence-corrected chi connectivity index (χ2v) is 6.06. The summed E-state index contributed by atoms with van der Waals surface area (Å²) in [5.74, 6) is 0. The minimum Gasteiger partial charge on any atom is -0.388 e. The average Bonchev–Trinajstić information content (AvgIpc) is 2.61. The number of nitrogens with zero attached hydrogens (tertiary/aromatic N) is 1. The molecule has 0 spiro atoms. The molecule has 0 aliphatic carbocycles. The third-order valence-electron chi connectivity index (χ3n) is 4.77. The van der Waals surface area contributed by atoms with Gasteiger partial charge in [-0.05, 0) is 52.7 Å². The molecule has 0 aromatic heterocycles. The van der Waals surface area contributed by atoms with Crippen molar-refractivity contribution < 1.29 is 5.11 Å². The van der Waals surface area contributed by atoms with Crippen molar-refractivity contribution in [3.05, 3.63) is 60.2 Å². The molecule has 120 valence electrons. The zero-order chi connectivity index (χ0) is 16.2. The van der Waals surface area contributed by atoms with Crippen LogP contribution in [0, 0.1) is 0 Å².